The van der Waals surface area contributed by atoms with Gasteiger partial charge in [-0.25, -0.2) is 0 Å². The molecule has 6 heteroatoms. The zero-order valence-corrected chi connectivity index (χ0v) is 55.3. The smallest absolute Gasteiger partial charge is 0.306 e. The lowest BCUT2D eigenvalue weighted by Crippen LogP contribution is -2.30. The number of ether oxygens (including phenoxy) is 3. The van der Waals surface area contributed by atoms with Gasteiger partial charge in [-0.2, -0.15) is 0 Å². The van der Waals surface area contributed by atoms with Crippen LogP contribution in [0, 0.1) is 0 Å². The number of allylic oxidation sites excluding steroid dienone is 8. The molecule has 1 unspecified atom stereocenters. The molecule has 0 radical (unpaired) electrons. The summed E-state index contributed by atoms with van der Waals surface area (Å²) in [6.07, 6.45) is 90.3. The average Bonchev–Trinajstić information content (AvgIpc) is 3.48. The Labute approximate surface area is 511 Å². The molecule has 0 aliphatic heterocycles. The molecule has 82 heavy (non-hydrogen) atoms. The Morgan fingerprint density at radius 2 is 0.476 bits per heavy atom. The minimum absolute atomic E-state index is 0.0647. The van der Waals surface area contributed by atoms with Gasteiger partial charge in [-0.1, -0.05) is 371 Å². The second-order valence-corrected chi connectivity index (χ2v) is 24.8. The molecule has 0 aromatic carbocycles. The van der Waals surface area contributed by atoms with Crippen LogP contribution in [-0.2, 0) is 28.6 Å². The molecule has 480 valence electrons. The number of carbonyl (C=O) groups excluding carboxylic acids is 3. The van der Waals surface area contributed by atoms with E-state index in [0.717, 1.165) is 83.5 Å². The predicted molar refractivity (Wildman–Crippen MR) is 358 cm³/mol. The molecule has 0 aliphatic carbocycles. The maximum atomic E-state index is 12.9. The Bertz CT molecular complexity index is 1410. The summed E-state index contributed by atoms with van der Waals surface area (Å²) >= 11 is 0. The zero-order chi connectivity index (χ0) is 59.2. The largest absolute Gasteiger partial charge is 0.462 e. The first-order valence-electron chi connectivity index (χ1n) is 36.6. The Kier molecular flexibility index (Phi) is 68.6. The topological polar surface area (TPSA) is 78.9 Å². The second kappa shape index (κ2) is 70.9. The number of esters is 3. The molecule has 1 atom stereocenters. The first kappa shape index (κ1) is 79.4. The quantitative estimate of drug-likeness (QED) is 0.0261. The Morgan fingerprint density at radius 1 is 0.256 bits per heavy atom. The minimum Gasteiger partial charge on any atom is -0.462 e. The lowest BCUT2D eigenvalue weighted by Gasteiger charge is -2.18. The van der Waals surface area contributed by atoms with Crippen LogP contribution in [0.5, 0.6) is 0 Å². The highest BCUT2D eigenvalue weighted by atomic mass is 16.6. The Hall–Kier alpha value is -2.63. The van der Waals surface area contributed by atoms with Crippen LogP contribution < -0.4 is 0 Å². The van der Waals surface area contributed by atoms with Gasteiger partial charge in [-0.05, 0) is 57.8 Å². The fourth-order valence-electron chi connectivity index (χ4n) is 11.1. The van der Waals surface area contributed by atoms with Crippen molar-refractivity contribution in [2.24, 2.45) is 0 Å². The lowest BCUT2D eigenvalue weighted by atomic mass is 10.0. The van der Waals surface area contributed by atoms with E-state index < -0.39 is 6.10 Å². The van der Waals surface area contributed by atoms with Crippen LogP contribution in [0.15, 0.2) is 48.6 Å². The van der Waals surface area contributed by atoms with Gasteiger partial charge in [0.15, 0.2) is 6.10 Å². The van der Waals surface area contributed by atoms with Gasteiger partial charge in [0, 0.05) is 19.3 Å². The van der Waals surface area contributed by atoms with Crippen LogP contribution in [0.3, 0.4) is 0 Å². The van der Waals surface area contributed by atoms with E-state index in [1.165, 1.54) is 276 Å². The fourth-order valence-corrected chi connectivity index (χ4v) is 11.1. The van der Waals surface area contributed by atoms with E-state index in [2.05, 4.69) is 69.4 Å². The van der Waals surface area contributed by atoms with E-state index in [1.54, 1.807) is 0 Å². The highest BCUT2D eigenvalue weighted by Crippen LogP contribution is 2.19. The molecule has 6 nitrogen and oxygen atoms in total. The Morgan fingerprint density at radius 3 is 0.744 bits per heavy atom. The summed E-state index contributed by atoms with van der Waals surface area (Å²) in [4.78, 5) is 38.4. The fraction of sp³-hybridized carbons (Fsp3) is 0.855. The number of rotatable bonds is 68. The summed E-state index contributed by atoms with van der Waals surface area (Å²) in [5.41, 5.74) is 0. The highest BCUT2D eigenvalue weighted by molar-refractivity contribution is 5.71. The van der Waals surface area contributed by atoms with E-state index in [4.69, 9.17) is 14.2 Å². The molecule has 0 heterocycles. The summed E-state index contributed by atoms with van der Waals surface area (Å²) in [5, 5.41) is 0. The molecule has 0 saturated carbocycles. The summed E-state index contributed by atoms with van der Waals surface area (Å²) in [5.74, 6) is -0.834. The maximum absolute atomic E-state index is 12.9. The van der Waals surface area contributed by atoms with Gasteiger partial charge >= 0.3 is 17.9 Å². The lowest BCUT2D eigenvalue weighted by molar-refractivity contribution is -0.167. The van der Waals surface area contributed by atoms with E-state index in [-0.39, 0.29) is 31.1 Å². The van der Waals surface area contributed by atoms with Gasteiger partial charge in [0.2, 0.25) is 0 Å². The molecular formula is C76H140O6. The summed E-state index contributed by atoms with van der Waals surface area (Å²) in [6.45, 7) is 6.59. The van der Waals surface area contributed by atoms with Crippen LogP contribution >= 0.6 is 0 Å². The van der Waals surface area contributed by atoms with Crippen molar-refractivity contribution in [1.82, 2.24) is 0 Å². The van der Waals surface area contributed by atoms with Crippen molar-refractivity contribution in [3.63, 3.8) is 0 Å². The van der Waals surface area contributed by atoms with Crippen molar-refractivity contribution in [2.75, 3.05) is 13.2 Å². The van der Waals surface area contributed by atoms with Crippen molar-refractivity contribution >= 4 is 17.9 Å². The molecule has 0 aliphatic rings. The van der Waals surface area contributed by atoms with Gasteiger partial charge in [-0.15, -0.1) is 0 Å². The third-order valence-corrected chi connectivity index (χ3v) is 16.6. The van der Waals surface area contributed by atoms with Gasteiger partial charge in [0.05, 0.1) is 0 Å². The summed E-state index contributed by atoms with van der Waals surface area (Å²) in [7, 11) is 0. The number of unbranched alkanes of at least 4 members (excludes halogenated alkanes) is 49. The van der Waals surface area contributed by atoms with Crippen molar-refractivity contribution in [3.8, 4) is 0 Å². The van der Waals surface area contributed by atoms with Crippen LogP contribution in [0.4, 0.5) is 0 Å². The van der Waals surface area contributed by atoms with Crippen molar-refractivity contribution in [2.45, 2.75) is 406 Å². The normalized spacial score (nSPS) is 12.3. The molecule has 0 aromatic rings. The zero-order valence-electron chi connectivity index (χ0n) is 55.3. The average molecular weight is 1150 g/mol. The van der Waals surface area contributed by atoms with E-state index in [0.29, 0.717) is 19.3 Å². The minimum atomic E-state index is -0.767. The van der Waals surface area contributed by atoms with Crippen LogP contribution in [0.1, 0.15) is 400 Å². The maximum Gasteiger partial charge on any atom is 0.306 e. The molecule has 0 N–H and O–H groups in total. The van der Waals surface area contributed by atoms with Crippen LogP contribution in [0.25, 0.3) is 0 Å². The predicted octanol–water partition coefficient (Wildman–Crippen LogP) is 25.3. The van der Waals surface area contributed by atoms with E-state index in [9.17, 15) is 14.4 Å². The van der Waals surface area contributed by atoms with Gasteiger partial charge in [0.1, 0.15) is 13.2 Å². The van der Waals surface area contributed by atoms with Crippen LogP contribution in [-0.4, -0.2) is 37.2 Å². The molecule has 0 spiro atoms. The second-order valence-electron chi connectivity index (χ2n) is 24.8. The van der Waals surface area contributed by atoms with Crippen molar-refractivity contribution < 1.29 is 28.6 Å². The van der Waals surface area contributed by atoms with Crippen LogP contribution in [0.2, 0.25) is 0 Å². The molecule has 0 saturated heterocycles. The molecule has 0 amide bonds. The van der Waals surface area contributed by atoms with Gasteiger partial charge < -0.3 is 14.2 Å². The first-order valence-corrected chi connectivity index (χ1v) is 36.6. The first-order chi connectivity index (χ1) is 40.5. The van der Waals surface area contributed by atoms with Crippen molar-refractivity contribution in [1.29, 1.82) is 0 Å². The van der Waals surface area contributed by atoms with E-state index in [1.807, 2.05) is 0 Å². The number of carbonyl (C=O) groups is 3. The van der Waals surface area contributed by atoms with Gasteiger partial charge in [-0.3, -0.25) is 14.4 Å². The number of hydrogen-bond acceptors (Lipinski definition) is 6. The molecular weight excluding hydrogens is 1010 g/mol. The molecule has 0 aromatic heterocycles. The summed E-state index contributed by atoms with van der Waals surface area (Å²) in [6, 6.07) is 0. The standard InChI is InChI=1S/C76H140O6/c1-4-7-10-13-16-19-22-24-26-28-30-32-33-34-35-36-37-38-39-40-41-42-43-45-46-48-50-52-54-57-60-63-66-69-75(78)81-72-73(71-80-74(77)68-65-62-59-56-21-18-15-12-9-6-3)82-76(79)70-67-64-61-58-55-53-51-49-47-44-31-29-27-25-23-20-17-14-11-8-5-2/h7,10,16,19,24,26,30,32,73H,4-6,8-9,11-15,17-18,20-23,25,27-29,31,33-72H2,1-3H3/b10-7-,19-16-,26-24-,32-30-. The highest BCUT2D eigenvalue weighted by Gasteiger charge is 2.19. The number of hydrogen-bond donors (Lipinski definition) is 0. The summed E-state index contributed by atoms with van der Waals surface area (Å²) < 4.78 is 17.0. The van der Waals surface area contributed by atoms with E-state index >= 15 is 0 Å². The van der Waals surface area contributed by atoms with Gasteiger partial charge in [0.25, 0.3) is 0 Å². The molecule has 0 rings (SSSR count). The molecule has 0 fully saturated rings. The molecule has 0 bridgehead atoms. The third kappa shape index (κ3) is 68.2. The van der Waals surface area contributed by atoms with Crippen molar-refractivity contribution in [3.05, 3.63) is 48.6 Å². The Balaban J connectivity index is 4.06. The SMILES string of the molecule is CC/C=C\C/C=C\C/C=C\C/C=C\CCCCCCCCCCCCCCCCCCCCCCC(=O)OCC(COC(=O)CCCCCCCCCCCC)OC(=O)CCCCCCCCCCCCCCCCCCCCCCC. The third-order valence-electron chi connectivity index (χ3n) is 16.6. The monoisotopic (exact) mass is 1150 g/mol.